The van der Waals surface area contributed by atoms with E-state index in [0.29, 0.717) is 11.6 Å². The lowest BCUT2D eigenvalue weighted by atomic mass is 10.1. The molecule has 0 aliphatic heterocycles. The average Bonchev–Trinajstić information content (AvgIpc) is 2.48. The van der Waals surface area contributed by atoms with E-state index in [-0.39, 0.29) is 5.78 Å². The van der Waals surface area contributed by atoms with Crippen LogP contribution in [0.4, 0.5) is 0 Å². The van der Waals surface area contributed by atoms with Crippen LogP contribution in [0, 0.1) is 0 Å². The smallest absolute Gasteiger partial charge is 0.227 e. The van der Waals surface area contributed by atoms with Crippen LogP contribution in [0.5, 0.6) is 0 Å². The van der Waals surface area contributed by atoms with Gasteiger partial charge in [-0.05, 0) is 18.2 Å². The molecule has 0 N–H and O–H groups in total. The monoisotopic (exact) mass is 282 g/mol. The average molecular weight is 283 g/mol. The maximum Gasteiger partial charge on any atom is 0.227 e. The zero-order valence-electron chi connectivity index (χ0n) is 10.8. The molecule has 0 unspecified atom stereocenters. The van der Waals surface area contributed by atoms with Gasteiger partial charge >= 0.3 is 0 Å². The van der Waals surface area contributed by atoms with Gasteiger partial charge in [-0.25, -0.2) is 0 Å². The number of nitrogens with zero attached hydrogens (tertiary/aromatic N) is 1. The lowest BCUT2D eigenvalue weighted by Gasteiger charge is -2.02. The van der Waals surface area contributed by atoms with E-state index in [1.807, 2.05) is 71.4 Å². The predicted molar refractivity (Wildman–Crippen MR) is 79.9 cm³/mol. The zero-order chi connectivity index (χ0) is 13.9. The molecule has 0 bridgehead atoms. The number of carbonyl (C=O) groups excluding carboxylic acids is 1. The number of ketones is 1. The fourth-order valence-corrected chi connectivity index (χ4v) is 2.44. The van der Waals surface area contributed by atoms with Crippen molar-refractivity contribution in [2.75, 3.05) is 0 Å². The highest BCUT2D eigenvalue weighted by molar-refractivity contribution is 6.31. The van der Waals surface area contributed by atoms with Gasteiger partial charge in [-0.3, -0.25) is 4.79 Å². The highest BCUT2D eigenvalue weighted by Gasteiger charge is 2.14. The summed E-state index contributed by atoms with van der Waals surface area (Å²) in [6, 6.07) is 18.9. The molecule has 0 aliphatic carbocycles. The summed E-state index contributed by atoms with van der Waals surface area (Å²) in [5, 5.41) is 1.73. The first-order valence-electron chi connectivity index (χ1n) is 6.40. The molecule has 0 atom stereocenters. The van der Waals surface area contributed by atoms with Crippen molar-refractivity contribution >= 4 is 28.3 Å². The molecule has 1 heterocycles. The molecule has 3 rings (SSSR count). The van der Waals surface area contributed by atoms with Crippen LogP contribution < -0.4 is 4.57 Å². The molecule has 2 aromatic carbocycles. The number of Topliss-reactive ketones (excluding diaryl/α,β-unsaturated/α-hetero) is 1. The van der Waals surface area contributed by atoms with E-state index < -0.39 is 0 Å². The Kier molecular flexibility index (Phi) is 3.48. The van der Waals surface area contributed by atoms with Crippen molar-refractivity contribution in [2.45, 2.75) is 6.54 Å². The van der Waals surface area contributed by atoms with Crippen LogP contribution in [0.15, 0.2) is 66.9 Å². The van der Waals surface area contributed by atoms with E-state index in [4.69, 9.17) is 11.6 Å². The molecule has 2 nitrogen and oxygen atoms in total. The van der Waals surface area contributed by atoms with Crippen LogP contribution in [-0.2, 0) is 6.54 Å². The third-order valence-corrected chi connectivity index (χ3v) is 3.49. The van der Waals surface area contributed by atoms with E-state index in [1.165, 1.54) is 0 Å². The maximum absolute atomic E-state index is 12.3. The summed E-state index contributed by atoms with van der Waals surface area (Å²) in [7, 11) is 0. The molecular weight excluding hydrogens is 270 g/mol. The number of benzene rings is 2. The Morgan fingerprint density at radius 3 is 2.60 bits per heavy atom. The topological polar surface area (TPSA) is 20.9 Å². The van der Waals surface area contributed by atoms with Crippen molar-refractivity contribution < 1.29 is 9.36 Å². The first-order chi connectivity index (χ1) is 9.74. The molecule has 20 heavy (non-hydrogen) atoms. The van der Waals surface area contributed by atoms with Crippen LogP contribution in [0.1, 0.15) is 10.4 Å². The molecule has 1 aromatic heterocycles. The zero-order valence-corrected chi connectivity index (χ0v) is 11.5. The van der Waals surface area contributed by atoms with Crippen molar-refractivity contribution in [3.05, 3.63) is 77.4 Å². The Balaban J connectivity index is 1.97. The second kappa shape index (κ2) is 5.43. The predicted octanol–water partition coefficient (Wildman–Crippen LogP) is 3.66. The van der Waals surface area contributed by atoms with E-state index in [0.717, 1.165) is 16.5 Å². The van der Waals surface area contributed by atoms with Crippen LogP contribution in [0.2, 0.25) is 5.02 Å². The second-order valence-electron chi connectivity index (χ2n) is 4.63. The molecular formula is C17H13ClNO+. The standard InChI is InChI=1S/C17H13ClNO/c18-15-8-9-16-14(11-15)7-4-10-19(16)12-17(20)13-5-2-1-3-6-13/h1-11H,12H2/q+1. The molecule has 0 saturated heterocycles. The summed E-state index contributed by atoms with van der Waals surface area (Å²) >= 11 is 6.00. The highest BCUT2D eigenvalue weighted by atomic mass is 35.5. The van der Waals surface area contributed by atoms with Crippen LogP contribution in [-0.4, -0.2) is 5.78 Å². The molecule has 0 radical (unpaired) electrons. The van der Waals surface area contributed by atoms with Crippen molar-refractivity contribution in [2.24, 2.45) is 0 Å². The van der Waals surface area contributed by atoms with Crippen molar-refractivity contribution in [1.82, 2.24) is 0 Å². The number of hydrogen-bond donors (Lipinski definition) is 0. The molecule has 98 valence electrons. The second-order valence-corrected chi connectivity index (χ2v) is 5.06. The lowest BCUT2D eigenvalue weighted by molar-refractivity contribution is -0.657. The molecule has 0 saturated carbocycles. The molecule has 0 aliphatic rings. The van der Waals surface area contributed by atoms with Crippen LogP contribution in [0.3, 0.4) is 0 Å². The number of hydrogen-bond acceptors (Lipinski definition) is 1. The Morgan fingerprint density at radius 1 is 1.00 bits per heavy atom. The van der Waals surface area contributed by atoms with E-state index >= 15 is 0 Å². The Labute approximate surface area is 122 Å². The van der Waals surface area contributed by atoms with E-state index in [9.17, 15) is 4.79 Å². The Morgan fingerprint density at radius 2 is 1.80 bits per heavy atom. The van der Waals surface area contributed by atoms with E-state index in [1.54, 1.807) is 0 Å². The van der Waals surface area contributed by atoms with Gasteiger partial charge in [-0.2, -0.15) is 4.57 Å². The van der Waals surface area contributed by atoms with Crippen LogP contribution >= 0.6 is 11.6 Å². The molecule has 3 heteroatoms. The van der Waals surface area contributed by atoms with E-state index in [2.05, 4.69) is 0 Å². The first kappa shape index (κ1) is 12.8. The fourth-order valence-electron chi connectivity index (χ4n) is 2.26. The molecule has 0 spiro atoms. The number of aromatic nitrogens is 1. The Bertz CT molecular complexity index is 768. The number of halogens is 1. The SMILES string of the molecule is O=C(C[n+]1cccc2cc(Cl)ccc21)c1ccccc1. The summed E-state index contributed by atoms with van der Waals surface area (Å²) in [4.78, 5) is 12.3. The molecule has 3 aromatic rings. The van der Waals surface area contributed by atoms with Gasteiger partial charge < -0.3 is 0 Å². The number of pyridine rings is 1. The third-order valence-electron chi connectivity index (χ3n) is 3.25. The van der Waals surface area contributed by atoms with Crippen LogP contribution in [0.25, 0.3) is 10.9 Å². The van der Waals surface area contributed by atoms with Gasteiger partial charge in [0.2, 0.25) is 17.8 Å². The fraction of sp³-hybridized carbons (Fsp3) is 0.0588. The van der Waals surface area contributed by atoms with Crippen molar-refractivity contribution in [1.29, 1.82) is 0 Å². The van der Waals surface area contributed by atoms with Crippen molar-refractivity contribution in [3.63, 3.8) is 0 Å². The van der Waals surface area contributed by atoms with Gasteiger partial charge in [0, 0.05) is 28.1 Å². The molecule has 0 fully saturated rings. The number of fused-ring (bicyclic) bond motifs is 1. The summed E-state index contributed by atoms with van der Waals surface area (Å²) < 4.78 is 1.95. The highest BCUT2D eigenvalue weighted by Crippen LogP contribution is 2.16. The normalized spacial score (nSPS) is 10.7. The van der Waals surface area contributed by atoms with Crippen molar-refractivity contribution in [3.8, 4) is 0 Å². The van der Waals surface area contributed by atoms with Gasteiger partial charge in [0.1, 0.15) is 0 Å². The van der Waals surface area contributed by atoms with Gasteiger partial charge in [0.05, 0.1) is 0 Å². The largest absolute Gasteiger partial charge is 0.287 e. The summed E-state index contributed by atoms with van der Waals surface area (Å²) in [5.41, 5.74) is 1.73. The minimum atomic E-state index is 0.0954. The number of carbonyl (C=O) groups is 1. The third kappa shape index (κ3) is 2.56. The number of rotatable bonds is 3. The lowest BCUT2D eigenvalue weighted by Crippen LogP contribution is -2.38. The minimum absolute atomic E-state index is 0.0954. The summed E-state index contributed by atoms with van der Waals surface area (Å²) in [6.45, 7) is 0.322. The van der Waals surface area contributed by atoms with Gasteiger partial charge in [-0.1, -0.05) is 41.9 Å². The summed E-state index contributed by atoms with van der Waals surface area (Å²) in [6.07, 6.45) is 1.91. The first-order valence-corrected chi connectivity index (χ1v) is 6.78. The minimum Gasteiger partial charge on any atom is -0.287 e. The quantitative estimate of drug-likeness (QED) is 0.530. The summed E-state index contributed by atoms with van der Waals surface area (Å²) in [5.74, 6) is 0.0954. The Hall–Kier alpha value is -2.19. The van der Waals surface area contributed by atoms with Gasteiger partial charge in [0.25, 0.3) is 0 Å². The van der Waals surface area contributed by atoms with Gasteiger partial charge in [0.15, 0.2) is 6.20 Å². The molecule has 0 amide bonds. The maximum atomic E-state index is 12.3. The van der Waals surface area contributed by atoms with Gasteiger partial charge in [-0.15, -0.1) is 0 Å².